The molecule has 1 aliphatic heterocycles. The third kappa shape index (κ3) is 6.97. The predicted octanol–water partition coefficient (Wildman–Crippen LogP) is 17.7. The van der Waals surface area contributed by atoms with Gasteiger partial charge >= 0.3 is 0 Å². The van der Waals surface area contributed by atoms with Crippen LogP contribution in [0.5, 0.6) is 11.5 Å². The minimum atomic E-state index is 0.805. The molecular formula is C62H42N2O. The SMILES string of the molecule is c1ccc(-c2ccc(N(c3ccc(-c4ccccc4)cc3)c3cccc4c3-c3cccc5ccc(N(c6ccc(-c7ccccc7)cc6)c6ccc7ccccc7c6)c(c35)O4)cc2)cc1. The summed E-state index contributed by atoms with van der Waals surface area (Å²) in [6.07, 6.45) is 0. The lowest BCUT2D eigenvalue weighted by Crippen LogP contribution is -2.14. The monoisotopic (exact) mass is 830 g/mol. The zero-order valence-electron chi connectivity index (χ0n) is 35.6. The van der Waals surface area contributed by atoms with Gasteiger partial charge in [0.25, 0.3) is 0 Å². The Morgan fingerprint density at radius 2 is 0.708 bits per heavy atom. The van der Waals surface area contributed by atoms with Gasteiger partial charge in [-0.15, -0.1) is 0 Å². The number of hydrogen-bond donors (Lipinski definition) is 0. The summed E-state index contributed by atoms with van der Waals surface area (Å²) in [7, 11) is 0. The minimum Gasteiger partial charge on any atom is -0.454 e. The summed E-state index contributed by atoms with van der Waals surface area (Å²) in [6.45, 7) is 0. The maximum atomic E-state index is 7.33. The van der Waals surface area contributed by atoms with Crippen LogP contribution in [-0.2, 0) is 0 Å². The van der Waals surface area contributed by atoms with E-state index in [-0.39, 0.29) is 0 Å². The largest absolute Gasteiger partial charge is 0.454 e. The molecule has 0 bridgehead atoms. The highest BCUT2D eigenvalue weighted by molar-refractivity contribution is 6.11. The highest BCUT2D eigenvalue weighted by Gasteiger charge is 2.30. The van der Waals surface area contributed by atoms with Crippen molar-refractivity contribution in [1.82, 2.24) is 0 Å². The van der Waals surface area contributed by atoms with Crippen LogP contribution in [0, 0.1) is 0 Å². The topological polar surface area (TPSA) is 15.7 Å². The molecule has 0 N–H and O–H groups in total. The van der Waals surface area contributed by atoms with E-state index in [2.05, 4.69) is 265 Å². The van der Waals surface area contributed by atoms with Crippen molar-refractivity contribution in [3.05, 3.63) is 255 Å². The summed E-state index contributed by atoms with van der Waals surface area (Å²) in [5.41, 5.74) is 15.4. The predicted molar refractivity (Wildman–Crippen MR) is 273 cm³/mol. The number of fused-ring (bicyclic) bond motifs is 3. The molecule has 3 heteroatoms. The quantitative estimate of drug-likeness (QED) is 0.144. The molecule has 0 aromatic heterocycles. The second kappa shape index (κ2) is 16.2. The average Bonchev–Trinajstić information content (AvgIpc) is 3.38. The Bertz CT molecular complexity index is 3390. The molecule has 0 spiro atoms. The number of benzene rings is 11. The zero-order valence-corrected chi connectivity index (χ0v) is 35.6. The summed E-state index contributed by atoms with van der Waals surface area (Å²) in [5, 5.41) is 4.57. The summed E-state index contributed by atoms with van der Waals surface area (Å²) in [5.74, 6) is 1.63. The van der Waals surface area contributed by atoms with Gasteiger partial charge in [0, 0.05) is 33.7 Å². The Balaban J connectivity index is 1.03. The molecule has 0 saturated carbocycles. The molecule has 0 saturated heterocycles. The highest BCUT2D eigenvalue weighted by Crippen LogP contribution is 2.56. The summed E-state index contributed by atoms with van der Waals surface area (Å²) in [4.78, 5) is 4.71. The van der Waals surface area contributed by atoms with E-state index in [1.807, 2.05) is 0 Å². The molecular weight excluding hydrogens is 789 g/mol. The van der Waals surface area contributed by atoms with E-state index in [0.29, 0.717) is 0 Å². The molecule has 1 heterocycles. The van der Waals surface area contributed by atoms with Crippen LogP contribution in [0.4, 0.5) is 34.1 Å². The van der Waals surface area contributed by atoms with Gasteiger partial charge in [-0.25, -0.2) is 0 Å². The van der Waals surface area contributed by atoms with Crippen molar-refractivity contribution >= 4 is 55.7 Å². The Kier molecular flexibility index (Phi) is 9.50. The fraction of sp³-hybridized carbons (Fsp3) is 0. The van der Waals surface area contributed by atoms with Crippen LogP contribution in [0.15, 0.2) is 255 Å². The smallest absolute Gasteiger partial charge is 0.159 e. The number of nitrogens with zero attached hydrogens (tertiary/aromatic N) is 2. The Labute approximate surface area is 379 Å². The lowest BCUT2D eigenvalue weighted by molar-refractivity contribution is 0.488. The van der Waals surface area contributed by atoms with Crippen LogP contribution in [0.1, 0.15) is 0 Å². The van der Waals surface area contributed by atoms with Crippen LogP contribution < -0.4 is 14.5 Å². The van der Waals surface area contributed by atoms with Crippen LogP contribution in [0.3, 0.4) is 0 Å². The fourth-order valence-electron chi connectivity index (χ4n) is 9.47. The lowest BCUT2D eigenvalue weighted by Gasteiger charge is -2.33. The fourth-order valence-corrected chi connectivity index (χ4v) is 9.47. The van der Waals surface area contributed by atoms with Gasteiger partial charge in [-0.3, -0.25) is 0 Å². The van der Waals surface area contributed by atoms with Crippen molar-refractivity contribution in [2.24, 2.45) is 0 Å². The van der Waals surface area contributed by atoms with E-state index in [1.165, 1.54) is 44.2 Å². The first-order chi connectivity index (χ1) is 32.2. The highest BCUT2D eigenvalue weighted by atomic mass is 16.5. The molecule has 0 unspecified atom stereocenters. The van der Waals surface area contributed by atoms with Gasteiger partial charge in [0.05, 0.1) is 11.4 Å². The maximum Gasteiger partial charge on any atom is 0.159 e. The second-order valence-corrected chi connectivity index (χ2v) is 16.5. The number of ether oxygens (including phenoxy) is 1. The van der Waals surface area contributed by atoms with Crippen molar-refractivity contribution in [1.29, 1.82) is 0 Å². The molecule has 0 radical (unpaired) electrons. The van der Waals surface area contributed by atoms with E-state index in [4.69, 9.17) is 4.74 Å². The third-order valence-electron chi connectivity index (χ3n) is 12.6. The molecule has 0 aliphatic carbocycles. The van der Waals surface area contributed by atoms with Crippen molar-refractivity contribution < 1.29 is 4.74 Å². The van der Waals surface area contributed by atoms with Crippen LogP contribution in [0.25, 0.3) is 66.1 Å². The normalized spacial score (nSPS) is 11.5. The van der Waals surface area contributed by atoms with Crippen LogP contribution >= 0.6 is 0 Å². The van der Waals surface area contributed by atoms with Crippen molar-refractivity contribution in [3.63, 3.8) is 0 Å². The molecule has 0 atom stereocenters. The molecule has 3 nitrogen and oxygen atoms in total. The zero-order chi connectivity index (χ0) is 43.1. The summed E-state index contributed by atoms with van der Waals surface area (Å²) < 4.78 is 7.33. The van der Waals surface area contributed by atoms with E-state index in [9.17, 15) is 0 Å². The van der Waals surface area contributed by atoms with E-state index < -0.39 is 0 Å². The van der Waals surface area contributed by atoms with Crippen LogP contribution in [-0.4, -0.2) is 0 Å². The van der Waals surface area contributed by atoms with Crippen molar-refractivity contribution in [2.45, 2.75) is 0 Å². The molecule has 11 aromatic rings. The van der Waals surface area contributed by atoms with E-state index >= 15 is 0 Å². The first kappa shape index (κ1) is 38.0. The Morgan fingerprint density at radius 3 is 1.26 bits per heavy atom. The van der Waals surface area contributed by atoms with Gasteiger partial charge < -0.3 is 14.5 Å². The molecule has 11 aromatic carbocycles. The van der Waals surface area contributed by atoms with Gasteiger partial charge in [0.1, 0.15) is 5.75 Å². The molecule has 1 aliphatic rings. The number of rotatable bonds is 9. The maximum absolute atomic E-state index is 7.33. The average molecular weight is 831 g/mol. The number of anilines is 6. The first-order valence-corrected chi connectivity index (χ1v) is 22.2. The molecule has 0 amide bonds. The van der Waals surface area contributed by atoms with Gasteiger partial charge in [-0.1, -0.05) is 188 Å². The van der Waals surface area contributed by atoms with Gasteiger partial charge in [-0.2, -0.15) is 0 Å². The first-order valence-electron chi connectivity index (χ1n) is 22.2. The Hall–Kier alpha value is -8.66. The summed E-state index contributed by atoms with van der Waals surface area (Å²) >= 11 is 0. The lowest BCUT2D eigenvalue weighted by atomic mass is 9.91. The second-order valence-electron chi connectivity index (χ2n) is 16.5. The van der Waals surface area contributed by atoms with Gasteiger partial charge in [-0.05, 0) is 122 Å². The summed E-state index contributed by atoms with van der Waals surface area (Å²) in [6, 6.07) is 91.1. The van der Waals surface area contributed by atoms with E-state index in [1.54, 1.807) is 0 Å². The van der Waals surface area contributed by atoms with Gasteiger partial charge in [0.2, 0.25) is 0 Å². The number of hydrogen-bond acceptors (Lipinski definition) is 3. The van der Waals surface area contributed by atoms with Crippen LogP contribution in [0.2, 0.25) is 0 Å². The molecule has 65 heavy (non-hydrogen) atoms. The van der Waals surface area contributed by atoms with Crippen molar-refractivity contribution in [2.75, 3.05) is 9.80 Å². The van der Waals surface area contributed by atoms with E-state index in [0.717, 1.165) is 67.5 Å². The minimum absolute atomic E-state index is 0.805. The van der Waals surface area contributed by atoms with Gasteiger partial charge in [0.15, 0.2) is 5.75 Å². The van der Waals surface area contributed by atoms with Crippen molar-refractivity contribution in [3.8, 4) is 56.0 Å². The molecule has 0 fully saturated rings. The standard InChI is InChI=1S/C62H42N2O/c1-4-14-43(15-5-1)47-26-34-52(35-27-47)63(53-36-28-48(29-37-53)44-16-6-2-7-17-44)57-24-13-25-59-61(57)56-23-12-22-50-33-41-58(62(65-59)60(50)56)64(55-40-32-46-20-10-11-21-51(46)42-55)54-38-30-49(31-39-54)45-18-8-3-9-19-45/h1-42H. The Morgan fingerprint density at radius 1 is 0.277 bits per heavy atom. The molecule has 12 rings (SSSR count). The third-order valence-corrected chi connectivity index (χ3v) is 12.6. The molecule has 306 valence electrons.